The quantitative estimate of drug-likeness (QED) is 0.558. The number of carbonyl (C=O) groups is 2. The van der Waals surface area contributed by atoms with E-state index >= 15 is 0 Å². The Kier molecular flexibility index (Phi) is 6.48. The van der Waals surface area contributed by atoms with Crippen LogP contribution in [0.25, 0.3) is 15.8 Å². The summed E-state index contributed by atoms with van der Waals surface area (Å²) in [5.41, 5.74) is 3.84. The summed E-state index contributed by atoms with van der Waals surface area (Å²) in [6.07, 6.45) is 6.79. The molecular weight excluding hydrogens is 428 g/mol. The summed E-state index contributed by atoms with van der Waals surface area (Å²) in [5.74, 6) is 0.162. The molecule has 0 fully saturated rings. The van der Waals surface area contributed by atoms with Crippen LogP contribution in [0.5, 0.6) is 0 Å². The lowest BCUT2D eigenvalue weighted by atomic mass is 10.1. The Morgan fingerprint density at radius 1 is 1.26 bits per heavy atom. The van der Waals surface area contributed by atoms with Crippen LogP contribution in [0.15, 0.2) is 29.8 Å². The van der Waals surface area contributed by atoms with Gasteiger partial charge < -0.3 is 9.80 Å². The normalized spacial score (nSPS) is 14.0. The molecule has 0 saturated carbocycles. The fourth-order valence-corrected chi connectivity index (χ4v) is 5.45. The van der Waals surface area contributed by atoms with Crippen LogP contribution in [-0.2, 0) is 17.6 Å². The van der Waals surface area contributed by atoms with Crippen LogP contribution in [0.1, 0.15) is 45.7 Å². The maximum Gasteiger partial charge on any atom is 0.253 e. The van der Waals surface area contributed by atoms with Gasteiger partial charge in [-0.25, -0.2) is 9.97 Å². The van der Waals surface area contributed by atoms with E-state index in [2.05, 4.69) is 18.0 Å². The van der Waals surface area contributed by atoms with E-state index in [9.17, 15) is 9.59 Å². The minimum Gasteiger partial charge on any atom is -0.345 e. The number of hydrogen-bond acceptors (Lipinski definition) is 6. The fourth-order valence-electron chi connectivity index (χ4n) is 3.75. The molecule has 0 radical (unpaired) electrons. The molecule has 6 nitrogen and oxygen atoms in total. The third kappa shape index (κ3) is 4.70. The maximum atomic E-state index is 12.7. The molecule has 0 N–H and O–H groups in total. The van der Waals surface area contributed by atoms with Gasteiger partial charge in [0.05, 0.1) is 15.2 Å². The van der Waals surface area contributed by atoms with E-state index in [1.54, 1.807) is 47.9 Å². The zero-order valence-corrected chi connectivity index (χ0v) is 19.7. The summed E-state index contributed by atoms with van der Waals surface area (Å²) in [5, 5.41) is 3.88. The average molecular weight is 455 g/mol. The van der Waals surface area contributed by atoms with Crippen molar-refractivity contribution in [2.24, 2.45) is 0 Å². The lowest BCUT2D eigenvalue weighted by Crippen LogP contribution is -2.35. The minimum absolute atomic E-state index is 0.000402. The molecule has 4 rings (SSSR count). The van der Waals surface area contributed by atoms with Crippen LogP contribution in [0.3, 0.4) is 0 Å². The van der Waals surface area contributed by atoms with Crippen molar-refractivity contribution in [1.82, 2.24) is 19.8 Å². The number of nitrogens with zero attached hydrogens (tertiary/aromatic N) is 4. The second-order valence-electron chi connectivity index (χ2n) is 7.81. The molecule has 8 heteroatoms. The molecule has 0 saturated heterocycles. The monoisotopic (exact) mass is 454 g/mol. The molecule has 3 heterocycles. The Hall–Kier alpha value is -2.58. The highest BCUT2D eigenvalue weighted by Crippen LogP contribution is 2.33. The van der Waals surface area contributed by atoms with Crippen molar-refractivity contribution in [3.8, 4) is 0 Å². The van der Waals surface area contributed by atoms with Gasteiger partial charge in [-0.05, 0) is 30.5 Å². The summed E-state index contributed by atoms with van der Waals surface area (Å²) in [4.78, 5) is 37.9. The number of hydrogen-bond donors (Lipinski definition) is 0. The Morgan fingerprint density at radius 3 is 2.81 bits per heavy atom. The van der Waals surface area contributed by atoms with Gasteiger partial charge in [0.2, 0.25) is 5.91 Å². The third-order valence-electron chi connectivity index (χ3n) is 5.42. The first-order valence-corrected chi connectivity index (χ1v) is 12.2. The molecular formula is C23H26N4O2S2. The van der Waals surface area contributed by atoms with E-state index in [-0.39, 0.29) is 11.8 Å². The van der Waals surface area contributed by atoms with Gasteiger partial charge in [0, 0.05) is 62.7 Å². The largest absolute Gasteiger partial charge is 0.345 e. The standard InChI is InChI=1S/C23H26N4O2S2/c1-4-15-12-17(23(29)26(2)3)13-18-21(15)25-22(31-18)16-6-5-10-27(14-16)20(28)8-7-19-24-9-11-30-19/h6,9,11-13H,4-5,7-8,10,14H2,1-3H3. The highest BCUT2D eigenvalue weighted by atomic mass is 32.1. The van der Waals surface area contributed by atoms with Crippen molar-refractivity contribution in [2.75, 3.05) is 27.2 Å². The SMILES string of the molecule is CCc1cc(C(=O)N(C)C)cc2sc(C3=CCCN(C(=O)CCc4nccs4)C3)nc12. The molecule has 2 amide bonds. The lowest BCUT2D eigenvalue weighted by molar-refractivity contribution is -0.130. The van der Waals surface area contributed by atoms with Gasteiger partial charge in [-0.2, -0.15) is 0 Å². The summed E-state index contributed by atoms with van der Waals surface area (Å²) < 4.78 is 1.02. The maximum absolute atomic E-state index is 12.7. The van der Waals surface area contributed by atoms with Crippen LogP contribution >= 0.6 is 22.7 Å². The smallest absolute Gasteiger partial charge is 0.253 e. The number of thiazole rings is 2. The number of aryl methyl sites for hydroxylation is 2. The second kappa shape index (κ2) is 9.28. The van der Waals surface area contributed by atoms with Crippen molar-refractivity contribution >= 4 is 50.3 Å². The second-order valence-corrected chi connectivity index (χ2v) is 9.82. The molecule has 1 aromatic carbocycles. The van der Waals surface area contributed by atoms with Gasteiger partial charge in [0.25, 0.3) is 5.91 Å². The zero-order valence-electron chi connectivity index (χ0n) is 18.1. The Morgan fingerprint density at radius 2 is 2.10 bits per heavy atom. The molecule has 0 bridgehead atoms. The van der Waals surface area contributed by atoms with E-state index in [0.29, 0.717) is 24.9 Å². The van der Waals surface area contributed by atoms with E-state index in [0.717, 1.165) is 50.8 Å². The minimum atomic E-state index is 0.000402. The van der Waals surface area contributed by atoms with Gasteiger partial charge in [0.15, 0.2) is 0 Å². The molecule has 162 valence electrons. The van der Waals surface area contributed by atoms with Crippen LogP contribution < -0.4 is 0 Å². The molecule has 0 unspecified atom stereocenters. The Bertz CT molecular complexity index is 1130. The Labute approximate surface area is 190 Å². The molecule has 3 aromatic rings. The van der Waals surface area contributed by atoms with Crippen LogP contribution in [0.4, 0.5) is 0 Å². The van der Waals surface area contributed by atoms with Crippen molar-refractivity contribution in [3.63, 3.8) is 0 Å². The topological polar surface area (TPSA) is 66.4 Å². The third-order valence-corrected chi connectivity index (χ3v) is 7.34. The summed E-state index contributed by atoms with van der Waals surface area (Å²) >= 11 is 3.20. The number of benzene rings is 1. The van der Waals surface area contributed by atoms with Gasteiger partial charge in [-0.3, -0.25) is 9.59 Å². The van der Waals surface area contributed by atoms with E-state index in [1.807, 2.05) is 22.4 Å². The molecule has 0 aliphatic carbocycles. The van der Waals surface area contributed by atoms with Crippen LogP contribution in [-0.4, -0.2) is 58.8 Å². The van der Waals surface area contributed by atoms with Gasteiger partial charge in [-0.15, -0.1) is 22.7 Å². The predicted molar refractivity (Wildman–Crippen MR) is 127 cm³/mol. The molecule has 0 spiro atoms. The van der Waals surface area contributed by atoms with E-state index in [1.165, 1.54) is 0 Å². The molecule has 2 aromatic heterocycles. The number of rotatable bonds is 6. The first-order valence-electron chi connectivity index (χ1n) is 10.5. The number of aromatic nitrogens is 2. The number of carbonyl (C=O) groups excluding carboxylic acids is 2. The zero-order chi connectivity index (χ0) is 22.0. The molecule has 1 aliphatic rings. The predicted octanol–water partition coefficient (Wildman–Crippen LogP) is 4.27. The average Bonchev–Trinajstić information content (AvgIpc) is 3.46. The highest BCUT2D eigenvalue weighted by molar-refractivity contribution is 7.19. The lowest BCUT2D eigenvalue weighted by Gasteiger charge is -2.26. The Balaban J connectivity index is 1.54. The van der Waals surface area contributed by atoms with Crippen molar-refractivity contribution in [3.05, 3.63) is 50.9 Å². The van der Waals surface area contributed by atoms with Crippen molar-refractivity contribution < 1.29 is 9.59 Å². The first-order chi connectivity index (χ1) is 15.0. The molecule has 31 heavy (non-hydrogen) atoms. The van der Waals surface area contributed by atoms with Gasteiger partial charge in [0.1, 0.15) is 5.01 Å². The first kappa shape index (κ1) is 21.6. The number of fused-ring (bicyclic) bond motifs is 1. The van der Waals surface area contributed by atoms with E-state index < -0.39 is 0 Å². The van der Waals surface area contributed by atoms with Crippen LogP contribution in [0.2, 0.25) is 0 Å². The molecule has 1 aliphatic heterocycles. The summed E-state index contributed by atoms with van der Waals surface area (Å²) in [6.45, 7) is 3.41. The van der Waals surface area contributed by atoms with Gasteiger partial charge >= 0.3 is 0 Å². The number of amides is 2. The van der Waals surface area contributed by atoms with Crippen LogP contribution in [0, 0.1) is 0 Å². The fraction of sp³-hybridized carbons (Fsp3) is 0.391. The molecule has 0 atom stereocenters. The summed E-state index contributed by atoms with van der Waals surface area (Å²) in [6, 6.07) is 3.90. The van der Waals surface area contributed by atoms with Crippen molar-refractivity contribution in [1.29, 1.82) is 0 Å². The summed E-state index contributed by atoms with van der Waals surface area (Å²) in [7, 11) is 3.53. The van der Waals surface area contributed by atoms with E-state index in [4.69, 9.17) is 4.98 Å². The van der Waals surface area contributed by atoms with Crippen molar-refractivity contribution in [2.45, 2.75) is 32.6 Å². The highest BCUT2D eigenvalue weighted by Gasteiger charge is 2.22. The van der Waals surface area contributed by atoms with Gasteiger partial charge in [-0.1, -0.05) is 13.0 Å².